The SMILES string of the molecule is C=C(Nc1ccccc1C)SCC(=O)N1CCN(c2ccccc2)CC1. The van der Waals surface area contributed by atoms with E-state index < -0.39 is 0 Å². The standard InChI is InChI=1S/C21H25N3OS/c1-17-8-6-7-11-20(17)22-18(2)26-16-21(25)24-14-12-23(13-15-24)19-9-4-3-5-10-19/h3-11,22H,2,12-16H2,1H3. The lowest BCUT2D eigenvalue weighted by atomic mass is 10.2. The summed E-state index contributed by atoms with van der Waals surface area (Å²) >= 11 is 1.47. The summed E-state index contributed by atoms with van der Waals surface area (Å²) in [7, 11) is 0. The maximum absolute atomic E-state index is 12.5. The van der Waals surface area contributed by atoms with E-state index in [2.05, 4.69) is 54.1 Å². The van der Waals surface area contributed by atoms with Crippen LogP contribution >= 0.6 is 11.8 Å². The van der Waals surface area contributed by atoms with Crippen LogP contribution in [0, 0.1) is 6.92 Å². The van der Waals surface area contributed by atoms with E-state index in [9.17, 15) is 4.79 Å². The van der Waals surface area contributed by atoms with Crippen LogP contribution < -0.4 is 10.2 Å². The summed E-state index contributed by atoms with van der Waals surface area (Å²) in [5, 5.41) is 4.09. The molecule has 0 aliphatic carbocycles. The van der Waals surface area contributed by atoms with Crippen LogP contribution in [0.25, 0.3) is 0 Å². The Bertz CT molecular complexity index is 755. The number of aryl methyl sites for hydroxylation is 1. The second kappa shape index (κ2) is 8.81. The predicted molar refractivity (Wildman–Crippen MR) is 112 cm³/mol. The van der Waals surface area contributed by atoms with E-state index in [0.717, 1.165) is 42.5 Å². The van der Waals surface area contributed by atoms with Crippen LogP contribution in [0.2, 0.25) is 0 Å². The highest BCUT2D eigenvalue weighted by atomic mass is 32.2. The van der Waals surface area contributed by atoms with E-state index in [1.165, 1.54) is 17.4 Å². The first-order valence-corrected chi connectivity index (χ1v) is 9.84. The van der Waals surface area contributed by atoms with Gasteiger partial charge in [0.1, 0.15) is 0 Å². The van der Waals surface area contributed by atoms with E-state index in [-0.39, 0.29) is 5.91 Å². The molecule has 0 saturated carbocycles. The van der Waals surface area contributed by atoms with Crippen LogP contribution in [0.4, 0.5) is 11.4 Å². The summed E-state index contributed by atoms with van der Waals surface area (Å²) in [4.78, 5) is 16.8. The number of thioether (sulfide) groups is 1. The number of benzene rings is 2. The fourth-order valence-electron chi connectivity index (χ4n) is 2.99. The average Bonchev–Trinajstić information content (AvgIpc) is 2.69. The summed E-state index contributed by atoms with van der Waals surface area (Å²) in [6.45, 7) is 9.38. The molecule has 1 N–H and O–H groups in total. The number of amides is 1. The van der Waals surface area contributed by atoms with Gasteiger partial charge in [0.15, 0.2) is 0 Å². The Kier molecular flexibility index (Phi) is 6.23. The molecule has 1 heterocycles. The molecule has 0 spiro atoms. The van der Waals surface area contributed by atoms with Crippen LogP contribution in [-0.2, 0) is 4.79 Å². The number of nitrogens with zero attached hydrogens (tertiary/aromatic N) is 2. The average molecular weight is 368 g/mol. The molecule has 2 aromatic rings. The van der Waals surface area contributed by atoms with Gasteiger partial charge >= 0.3 is 0 Å². The third kappa shape index (κ3) is 4.82. The van der Waals surface area contributed by atoms with Crippen LogP contribution in [0.5, 0.6) is 0 Å². The lowest BCUT2D eigenvalue weighted by Gasteiger charge is -2.36. The molecule has 136 valence electrons. The zero-order valence-corrected chi connectivity index (χ0v) is 16.0. The maximum Gasteiger partial charge on any atom is 0.233 e. The van der Waals surface area contributed by atoms with Gasteiger partial charge in [-0.05, 0) is 30.7 Å². The van der Waals surface area contributed by atoms with Crippen molar-refractivity contribution in [1.29, 1.82) is 0 Å². The smallest absolute Gasteiger partial charge is 0.233 e. The molecule has 0 atom stereocenters. The fourth-order valence-corrected chi connectivity index (χ4v) is 3.65. The van der Waals surface area contributed by atoms with Crippen LogP contribution in [0.3, 0.4) is 0 Å². The number of anilines is 2. The van der Waals surface area contributed by atoms with Crippen molar-refractivity contribution in [2.45, 2.75) is 6.92 Å². The highest BCUT2D eigenvalue weighted by molar-refractivity contribution is 8.03. The quantitative estimate of drug-likeness (QED) is 0.838. The molecule has 0 unspecified atom stereocenters. The first-order valence-electron chi connectivity index (χ1n) is 8.85. The Balaban J connectivity index is 1.43. The van der Waals surface area contributed by atoms with Gasteiger partial charge in [0.05, 0.1) is 10.8 Å². The molecule has 26 heavy (non-hydrogen) atoms. The van der Waals surface area contributed by atoms with Crippen LogP contribution in [0.15, 0.2) is 66.2 Å². The van der Waals surface area contributed by atoms with Crippen LogP contribution in [-0.4, -0.2) is 42.7 Å². The molecule has 1 aliphatic heterocycles. The largest absolute Gasteiger partial charge is 0.368 e. The number of nitrogens with one attached hydrogen (secondary N) is 1. The summed E-state index contributed by atoms with van der Waals surface area (Å²) < 4.78 is 0. The van der Waals surface area contributed by atoms with Crippen LogP contribution in [0.1, 0.15) is 5.56 Å². The number of hydrogen-bond donors (Lipinski definition) is 1. The van der Waals surface area contributed by atoms with Crippen molar-refractivity contribution in [1.82, 2.24) is 4.90 Å². The lowest BCUT2D eigenvalue weighted by Crippen LogP contribution is -2.49. The first kappa shape index (κ1) is 18.4. The minimum atomic E-state index is 0.176. The number of rotatable bonds is 6. The second-order valence-corrected chi connectivity index (χ2v) is 7.43. The van der Waals surface area contributed by atoms with Gasteiger partial charge in [0.2, 0.25) is 5.91 Å². The first-order chi connectivity index (χ1) is 12.6. The highest BCUT2D eigenvalue weighted by Crippen LogP contribution is 2.22. The van der Waals surface area contributed by atoms with Gasteiger partial charge in [0, 0.05) is 37.6 Å². The Labute approximate surface area is 159 Å². The molecule has 0 bridgehead atoms. The Morgan fingerprint density at radius 2 is 1.69 bits per heavy atom. The van der Waals surface area contributed by atoms with Gasteiger partial charge < -0.3 is 15.1 Å². The van der Waals surface area contributed by atoms with Gasteiger partial charge in [0.25, 0.3) is 0 Å². The molecule has 1 fully saturated rings. The molecule has 3 rings (SSSR count). The highest BCUT2D eigenvalue weighted by Gasteiger charge is 2.21. The molecular formula is C21H25N3OS. The minimum absolute atomic E-state index is 0.176. The lowest BCUT2D eigenvalue weighted by molar-refractivity contribution is -0.128. The van der Waals surface area contributed by atoms with E-state index in [0.29, 0.717) is 5.75 Å². The Morgan fingerprint density at radius 1 is 1.04 bits per heavy atom. The monoisotopic (exact) mass is 367 g/mol. The predicted octanol–water partition coefficient (Wildman–Crippen LogP) is 3.96. The van der Waals surface area contributed by atoms with Gasteiger partial charge in [-0.25, -0.2) is 0 Å². The van der Waals surface area contributed by atoms with E-state index >= 15 is 0 Å². The van der Waals surface area contributed by atoms with Crippen molar-refractivity contribution in [3.63, 3.8) is 0 Å². The second-order valence-electron chi connectivity index (χ2n) is 6.36. The van der Waals surface area contributed by atoms with E-state index in [1.807, 2.05) is 29.2 Å². The molecule has 5 heteroatoms. The van der Waals surface area contributed by atoms with E-state index in [1.54, 1.807) is 0 Å². The third-order valence-corrected chi connectivity index (χ3v) is 5.38. The molecule has 0 aromatic heterocycles. The van der Waals surface area contributed by atoms with Gasteiger partial charge in [-0.2, -0.15) is 0 Å². The third-order valence-electron chi connectivity index (χ3n) is 4.54. The zero-order valence-electron chi connectivity index (χ0n) is 15.1. The summed E-state index contributed by atoms with van der Waals surface area (Å²) in [6.07, 6.45) is 0. The summed E-state index contributed by atoms with van der Waals surface area (Å²) in [5.41, 5.74) is 3.43. The number of carbonyl (C=O) groups is 1. The minimum Gasteiger partial charge on any atom is -0.368 e. The number of hydrogen-bond acceptors (Lipinski definition) is 4. The number of para-hydroxylation sites is 2. The molecule has 1 saturated heterocycles. The molecular weight excluding hydrogens is 342 g/mol. The summed E-state index contributed by atoms with van der Waals surface area (Å²) in [6, 6.07) is 18.4. The van der Waals surface area contributed by atoms with E-state index in [4.69, 9.17) is 0 Å². The van der Waals surface area contributed by atoms with Crippen molar-refractivity contribution >= 4 is 29.0 Å². The molecule has 2 aromatic carbocycles. The maximum atomic E-state index is 12.5. The van der Waals surface area contributed by atoms with Crippen molar-refractivity contribution in [2.75, 3.05) is 42.1 Å². The molecule has 1 amide bonds. The van der Waals surface area contributed by atoms with Gasteiger partial charge in [-0.1, -0.05) is 54.7 Å². The van der Waals surface area contributed by atoms with Gasteiger partial charge in [-0.3, -0.25) is 4.79 Å². The van der Waals surface area contributed by atoms with Crippen molar-refractivity contribution in [2.24, 2.45) is 0 Å². The summed E-state index contributed by atoms with van der Waals surface area (Å²) in [5.74, 6) is 0.596. The zero-order chi connectivity index (χ0) is 18.4. The number of carbonyl (C=O) groups excluding carboxylic acids is 1. The Morgan fingerprint density at radius 3 is 2.38 bits per heavy atom. The molecule has 0 radical (unpaired) electrons. The van der Waals surface area contributed by atoms with Crippen molar-refractivity contribution in [3.8, 4) is 0 Å². The Hall–Kier alpha value is -2.40. The van der Waals surface area contributed by atoms with Crippen molar-refractivity contribution in [3.05, 3.63) is 71.8 Å². The van der Waals surface area contributed by atoms with Gasteiger partial charge in [-0.15, -0.1) is 0 Å². The van der Waals surface area contributed by atoms with Crippen molar-refractivity contribution < 1.29 is 4.79 Å². The molecule has 1 aliphatic rings. The topological polar surface area (TPSA) is 35.6 Å². The normalized spacial score (nSPS) is 14.2. The fraction of sp³-hybridized carbons (Fsp3) is 0.286. The molecule has 4 nitrogen and oxygen atoms in total. The number of piperazine rings is 1.